The minimum absolute atomic E-state index is 0.141. The van der Waals surface area contributed by atoms with Crippen molar-refractivity contribution in [3.63, 3.8) is 0 Å². The van der Waals surface area contributed by atoms with Crippen molar-refractivity contribution in [3.05, 3.63) is 35.6 Å². The van der Waals surface area contributed by atoms with Gasteiger partial charge < -0.3 is 9.64 Å². The van der Waals surface area contributed by atoms with E-state index in [0.717, 1.165) is 12.8 Å². The van der Waals surface area contributed by atoms with Crippen molar-refractivity contribution in [3.8, 4) is 0 Å². The number of ether oxygens (including phenoxy) is 1. The van der Waals surface area contributed by atoms with Crippen molar-refractivity contribution < 1.29 is 13.9 Å². The third-order valence-electron chi connectivity index (χ3n) is 3.70. The van der Waals surface area contributed by atoms with Gasteiger partial charge in [-0.25, -0.2) is 4.39 Å². The maximum atomic E-state index is 13.7. The molecule has 0 bridgehead atoms. The highest BCUT2D eigenvalue weighted by Gasteiger charge is 2.34. The molecule has 104 valence electrons. The number of nitrogens with zero attached hydrogens (tertiary/aromatic N) is 1. The summed E-state index contributed by atoms with van der Waals surface area (Å²) in [5.74, 6) is -0.153. The van der Waals surface area contributed by atoms with Crippen molar-refractivity contribution in [2.75, 3.05) is 20.3 Å². The molecule has 1 aromatic rings. The summed E-state index contributed by atoms with van der Waals surface area (Å²) in [5.41, 5.74) is 0.145. The largest absolute Gasteiger partial charge is 0.383 e. The number of methoxy groups -OCH3 is 1. The van der Waals surface area contributed by atoms with Crippen LogP contribution in [-0.4, -0.2) is 37.1 Å². The lowest BCUT2D eigenvalue weighted by Crippen LogP contribution is -2.42. The van der Waals surface area contributed by atoms with E-state index in [1.165, 1.54) is 12.1 Å². The molecule has 0 aromatic heterocycles. The number of hydrogen-bond acceptors (Lipinski definition) is 2. The Kier molecular flexibility index (Phi) is 4.53. The highest BCUT2D eigenvalue weighted by molar-refractivity contribution is 5.94. The first-order valence-electron chi connectivity index (χ1n) is 6.69. The van der Waals surface area contributed by atoms with Gasteiger partial charge in [0.25, 0.3) is 5.91 Å². The van der Waals surface area contributed by atoms with Crippen molar-refractivity contribution >= 4 is 5.91 Å². The van der Waals surface area contributed by atoms with E-state index in [9.17, 15) is 9.18 Å². The summed E-state index contributed by atoms with van der Waals surface area (Å²) in [7, 11) is 1.60. The molecule has 0 aliphatic heterocycles. The molecule has 1 fully saturated rings. The van der Waals surface area contributed by atoms with Gasteiger partial charge in [0.1, 0.15) is 5.82 Å². The Morgan fingerprint density at radius 2 is 2.16 bits per heavy atom. The molecule has 1 atom stereocenters. The molecule has 0 heterocycles. The lowest BCUT2D eigenvalue weighted by Gasteiger charge is -2.29. The van der Waals surface area contributed by atoms with Crippen LogP contribution in [0.5, 0.6) is 0 Å². The first kappa shape index (κ1) is 14.0. The minimum Gasteiger partial charge on any atom is -0.383 e. The third-order valence-corrected chi connectivity index (χ3v) is 3.70. The molecule has 1 aromatic carbocycles. The average molecular weight is 265 g/mol. The zero-order chi connectivity index (χ0) is 13.8. The summed E-state index contributed by atoms with van der Waals surface area (Å²) in [6, 6.07) is 6.28. The fourth-order valence-corrected chi connectivity index (χ4v) is 2.30. The predicted molar refractivity (Wildman–Crippen MR) is 71.5 cm³/mol. The zero-order valence-electron chi connectivity index (χ0n) is 11.4. The van der Waals surface area contributed by atoms with Crippen LogP contribution in [0.2, 0.25) is 0 Å². The molecule has 0 radical (unpaired) electrons. The van der Waals surface area contributed by atoms with Crippen LogP contribution in [0.15, 0.2) is 24.3 Å². The van der Waals surface area contributed by atoms with E-state index in [4.69, 9.17) is 4.74 Å². The molecule has 1 aliphatic rings. The number of amides is 1. The molecule has 4 heteroatoms. The monoisotopic (exact) mass is 265 g/mol. The molecule has 0 spiro atoms. The van der Waals surface area contributed by atoms with Crippen molar-refractivity contribution in [2.24, 2.45) is 5.92 Å². The first-order valence-corrected chi connectivity index (χ1v) is 6.69. The van der Waals surface area contributed by atoms with Gasteiger partial charge in [0.05, 0.1) is 12.2 Å². The Morgan fingerprint density at radius 1 is 1.47 bits per heavy atom. The molecule has 3 nitrogen and oxygen atoms in total. The zero-order valence-corrected chi connectivity index (χ0v) is 11.4. The standard InChI is InChI=1S/C15H20FNO2/c1-11(12-7-8-12)17(9-10-19-2)15(18)13-5-3-4-6-14(13)16/h3-6,11-12H,7-10H2,1-2H3. The maximum Gasteiger partial charge on any atom is 0.257 e. The third kappa shape index (κ3) is 3.32. The summed E-state index contributed by atoms with van der Waals surface area (Å²) in [6.07, 6.45) is 2.30. The van der Waals surface area contributed by atoms with Crippen LogP contribution in [0.25, 0.3) is 0 Å². The van der Waals surface area contributed by atoms with Gasteiger partial charge in [-0.15, -0.1) is 0 Å². The Hall–Kier alpha value is -1.42. The summed E-state index contributed by atoms with van der Waals surface area (Å²) >= 11 is 0. The van der Waals surface area contributed by atoms with Crippen LogP contribution < -0.4 is 0 Å². The van der Waals surface area contributed by atoms with Crippen LogP contribution in [0, 0.1) is 11.7 Å². The Morgan fingerprint density at radius 3 is 2.74 bits per heavy atom. The molecular formula is C15H20FNO2. The van der Waals surface area contributed by atoms with Crippen molar-refractivity contribution in [1.29, 1.82) is 0 Å². The summed E-state index contributed by atoms with van der Waals surface area (Å²) in [4.78, 5) is 14.2. The van der Waals surface area contributed by atoms with Crippen molar-refractivity contribution in [2.45, 2.75) is 25.8 Å². The minimum atomic E-state index is -0.460. The van der Waals surface area contributed by atoms with Gasteiger partial charge in [0, 0.05) is 19.7 Å². The Bertz CT molecular complexity index is 446. The molecule has 1 amide bonds. The molecule has 1 unspecified atom stereocenters. The van der Waals surface area contributed by atoms with E-state index in [2.05, 4.69) is 0 Å². The topological polar surface area (TPSA) is 29.5 Å². The van der Waals surface area contributed by atoms with Gasteiger partial charge in [0.2, 0.25) is 0 Å². The number of rotatable bonds is 6. The highest BCUT2D eigenvalue weighted by atomic mass is 19.1. The fraction of sp³-hybridized carbons (Fsp3) is 0.533. The first-order chi connectivity index (χ1) is 9.15. The summed E-state index contributed by atoms with van der Waals surface area (Å²) in [6.45, 7) is 3.00. The van der Waals surface area contributed by atoms with Crippen LogP contribution in [0.3, 0.4) is 0 Å². The van der Waals surface area contributed by atoms with E-state index >= 15 is 0 Å². The van der Waals surface area contributed by atoms with Gasteiger partial charge >= 0.3 is 0 Å². The van der Waals surface area contributed by atoms with E-state index in [1.54, 1.807) is 24.1 Å². The molecule has 1 aliphatic carbocycles. The molecular weight excluding hydrogens is 245 g/mol. The van der Waals surface area contributed by atoms with Crippen LogP contribution >= 0.6 is 0 Å². The van der Waals surface area contributed by atoms with Crippen LogP contribution in [-0.2, 0) is 4.74 Å². The molecule has 2 rings (SSSR count). The molecule has 1 saturated carbocycles. The van der Waals surface area contributed by atoms with Gasteiger partial charge in [-0.3, -0.25) is 4.79 Å². The van der Waals surface area contributed by atoms with E-state index < -0.39 is 5.82 Å². The number of halogens is 1. The number of carbonyl (C=O) groups is 1. The Labute approximate surface area is 113 Å². The lowest BCUT2D eigenvalue weighted by molar-refractivity contribution is 0.0590. The van der Waals surface area contributed by atoms with Gasteiger partial charge in [-0.1, -0.05) is 12.1 Å². The SMILES string of the molecule is COCCN(C(=O)c1ccccc1F)C(C)C1CC1. The summed E-state index contributed by atoms with van der Waals surface area (Å²) < 4.78 is 18.8. The van der Waals surface area contributed by atoms with E-state index in [0.29, 0.717) is 19.1 Å². The lowest BCUT2D eigenvalue weighted by atomic mass is 10.1. The average Bonchev–Trinajstić information content (AvgIpc) is 3.23. The van der Waals surface area contributed by atoms with Crippen LogP contribution in [0.1, 0.15) is 30.1 Å². The summed E-state index contributed by atoms with van der Waals surface area (Å²) in [5, 5.41) is 0. The quantitative estimate of drug-likeness (QED) is 0.791. The second-order valence-corrected chi connectivity index (χ2v) is 5.05. The van der Waals surface area contributed by atoms with Crippen LogP contribution in [0.4, 0.5) is 4.39 Å². The van der Waals surface area contributed by atoms with Gasteiger partial charge in [-0.2, -0.15) is 0 Å². The highest BCUT2D eigenvalue weighted by Crippen LogP contribution is 2.35. The van der Waals surface area contributed by atoms with Gasteiger partial charge in [0.15, 0.2) is 0 Å². The second kappa shape index (κ2) is 6.15. The fourth-order valence-electron chi connectivity index (χ4n) is 2.30. The predicted octanol–water partition coefficient (Wildman–Crippen LogP) is 2.71. The molecule has 0 N–H and O–H groups in total. The number of carbonyl (C=O) groups excluding carboxylic acids is 1. The van der Waals surface area contributed by atoms with E-state index in [-0.39, 0.29) is 17.5 Å². The second-order valence-electron chi connectivity index (χ2n) is 5.05. The molecule has 0 saturated heterocycles. The Balaban J connectivity index is 2.17. The normalized spacial score (nSPS) is 16.2. The van der Waals surface area contributed by atoms with Crippen molar-refractivity contribution in [1.82, 2.24) is 4.90 Å². The van der Waals surface area contributed by atoms with E-state index in [1.807, 2.05) is 6.92 Å². The maximum absolute atomic E-state index is 13.7. The van der Waals surface area contributed by atoms with Gasteiger partial charge in [-0.05, 0) is 37.8 Å². The molecule has 19 heavy (non-hydrogen) atoms. The smallest absolute Gasteiger partial charge is 0.257 e. The number of benzene rings is 1. The number of hydrogen-bond donors (Lipinski definition) is 0.